The molecule has 2 aromatic rings. The fourth-order valence-electron chi connectivity index (χ4n) is 5.67. The third kappa shape index (κ3) is 9.27. The van der Waals surface area contributed by atoms with Gasteiger partial charge in [0.15, 0.2) is 11.5 Å². The van der Waals surface area contributed by atoms with Crippen molar-refractivity contribution in [1.29, 1.82) is 0 Å². The molecule has 0 unspecified atom stereocenters. The quantitative estimate of drug-likeness (QED) is 0.122. The van der Waals surface area contributed by atoms with Gasteiger partial charge in [-0.1, -0.05) is 19.9 Å². The van der Waals surface area contributed by atoms with Crippen LogP contribution in [0, 0.1) is 0 Å². The summed E-state index contributed by atoms with van der Waals surface area (Å²) in [5, 5.41) is 10.1. The number of thioether (sulfide) groups is 2. The van der Waals surface area contributed by atoms with Crippen molar-refractivity contribution in [2.24, 2.45) is 0 Å². The van der Waals surface area contributed by atoms with Crippen molar-refractivity contribution in [3.63, 3.8) is 0 Å². The van der Waals surface area contributed by atoms with Crippen LogP contribution in [0.1, 0.15) is 48.2 Å². The van der Waals surface area contributed by atoms with Gasteiger partial charge in [0.1, 0.15) is 19.0 Å². The number of nitrogen functional groups attached to an aromatic ring is 1. The third-order valence-electron chi connectivity index (χ3n) is 8.19. The van der Waals surface area contributed by atoms with Crippen LogP contribution >= 0.6 is 23.5 Å². The van der Waals surface area contributed by atoms with Gasteiger partial charge in [-0.05, 0) is 61.2 Å². The summed E-state index contributed by atoms with van der Waals surface area (Å²) in [7, 11) is 3.62. The highest BCUT2D eigenvalue weighted by Crippen LogP contribution is 2.37. The van der Waals surface area contributed by atoms with Gasteiger partial charge in [0.2, 0.25) is 5.91 Å². The van der Waals surface area contributed by atoms with Crippen molar-refractivity contribution < 1.29 is 28.9 Å². The van der Waals surface area contributed by atoms with E-state index in [1.807, 2.05) is 45.5 Å². The van der Waals surface area contributed by atoms with Crippen LogP contribution < -0.4 is 19.9 Å². The SMILES string of the molecule is CCSC(SCC)[C@@H]1CCCN1C(=O)c1cc(CO)c(OCCOc2ccc(/C=C/C(=O)N3CCN(C)CC3)cc2OC)cc1N. The number of hydrogen-bond donors (Lipinski definition) is 2. The third-order valence-corrected chi connectivity index (χ3v) is 11.0. The number of ether oxygens (including phenoxy) is 3. The van der Waals surface area contributed by atoms with Gasteiger partial charge >= 0.3 is 0 Å². The molecule has 2 aromatic carbocycles. The van der Waals surface area contributed by atoms with Crippen molar-refractivity contribution >= 4 is 47.1 Å². The fourth-order valence-corrected chi connectivity index (χ4v) is 8.54. The molecule has 0 saturated carbocycles. The first-order valence-corrected chi connectivity index (χ1v) is 18.1. The molecule has 12 heteroatoms. The van der Waals surface area contributed by atoms with Crippen LogP contribution in [0.15, 0.2) is 36.4 Å². The Bertz CT molecular complexity index is 1350. The molecule has 0 aliphatic carbocycles. The zero-order chi connectivity index (χ0) is 33.1. The Balaban J connectivity index is 1.34. The zero-order valence-electron chi connectivity index (χ0n) is 27.4. The highest BCUT2D eigenvalue weighted by Gasteiger charge is 2.36. The fraction of sp³-hybridized carbons (Fsp3) is 0.529. The van der Waals surface area contributed by atoms with E-state index in [1.54, 1.807) is 37.5 Å². The minimum atomic E-state index is -0.291. The Morgan fingerprint density at radius 2 is 1.70 bits per heavy atom. The van der Waals surface area contributed by atoms with Crippen molar-refractivity contribution in [1.82, 2.24) is 14.7 Å². The summed E-state index contributed by atoms with van der Waals surface area (Å²) in [4.78, 5) is 32.3. The van der Waals surface area contributed by atoms with Gasteiger partial charge in [0, 0.05) is 56.1 Å². The second-order valence-corrected chi connectivity index (χ2v) is 14.4. The Labute approximate surface area is 281 Å². The number of likely N-dealkylation sites (tertiary alicyclic amines) is 1. The lowest BCUT2D eigenvalue weighted by atomic mass is 10.1. The predicted molar refractivity (Wildman–Crippen MR) is 188 cm³/mol. The maximum absolute atomic E-state index is 13.7. The van der Waals surface area contributed by atoms with E-state index in [0.29, 0.717) is 45.2 Å². The number of amides is 2. The zero-order valence-corrected chi connectivity index (χ0v) is 29.0. The summed E-state index contributed by atoms with van der Waals surface area (Å²) in [6.45, 7) is 8.30. The number of piperazine rings is 1. The molecular weight excluding hydrogens is 625 g/mol. The summed E-state index contributed by atoms with van der Waals surface area (Å²) in [5.74, 6) is 3.38. The van der Waals surface area contributed by atoms with Crippen molar-refractivity contribution in [2.75, 3.05) is 77.3 Å². The van der Waals surface area contributed by atoms with E-state index in [2.05, 4.69) is 25.8 Å². The lowest BCUT2D eigenvalue weighted by Gasteiger charge is -2.31. The molecule has 1 atom stereocenters. The molecule has 2 aliphatic rings. The number of benzene rings is 2. The highest BCUT2D eigenvalue weighted by atomic mass is 32.2. The molecule has 3 N–H and O–H groups in total. The topological polar surface area (TPSA) is 118 Å². The molecular formula is C34H48N4O6S2. The number of aliphatic hydroxyl groups is 1. The van der Waals surface area contributed by atoms with Crippen LogP contribution in [0.25, 0.3) is 6.08 Å². The number of hydrogen-bond acceptors (Lipinski definition) is 10. The smallest absolute Gasteiger partial charge is 0.256 e. The highest BCUT2D eigenvalue weighted by molar-refractivity contribution is 8.17. The van der Waals surface area contributed by atoms with E-state index in [9.17, 15) is 14.7 Å². The number of carbonyl (C=O) groups is 2. The predicted octanol–water partition coefficient (Wildman–Crippen LogP) is 4.45. The number of rotatable bonds is 15. The van der Waals surface area contributed by atoms with E-state index in [4.69, 9.17) is 19.9 Å². The molecule has 2 amide bonds. The van der Waals surface area contributed by atoms with Gasteiger partial charge in [-0.3, -0.25) is 9.59 Å². The molecule has 0 aromatic heterocycles. The molecule has 252 valence electrons. The number of anilines is 1. The summed E-state index contributed by atoms with van der Waals surface area (Å²) >= 11 is 3.78. The van der Waals surface area contributed by atoms with Gasteiger partial charge in [0.05, 0.1) is 29.9 Å². The van der Waals surface area contributed by atoms with Gasteiger partial charge in [-0.2, -0.15) is 0 Å². The minimum Gasteiger partial charge on any atom is -0.493 e. The number of nitrogens with two attached hydrogens (primary N) is 1. The Hall–Kier alpha value is -3.06. The minimum absolute atomic E-state index is 0.00384. The lowest BCUT2D eigenvalue weighted by Crippen LogP contribution is -2.46. The van der Waals surface area contributed by atoms with Gasteiger partial charge in [0.25, 0.3) is 5.91 Å². The Morgan fingerprint density at radius 3 is 2.35 bits per heavy atom. The Kier molecular flexibility index (Phi) is 13.8. The van der Waals surface area contributed by atoms with Crippen LogP contribution in [0.3, 0.4) is 0 Å². The number of methoxy groups -OCH3 is 1. The standard InChI is InChI=1S/C34H48N4O6S2/c1-5-45-34(46-6-2)28-8-7-13-38(28)33(41)26-21-25(23-39)30(22-27(26)35)44-19-18-43-29-11-9-24(20-31(29)42-4)10-12-32(40)37-16-14-36(3)15-17-37/h9-12,20-22,28,34,39H,5-8,13-19,23,35H2,1-4H3/b12-10+/t28-/m0/s1. The molecule has 2 aliphatic heterocycles. The average Bonchev–Trinajstić information content (AvgIpc) is 3.56. The maximum atomic E-state index is 13.7. The number of likely N-dealkylation sites (N-methyl/N-ethyl adjacent to an activating group) is 1. The van der Waals surface area contributed by atoms with Crippen LogP contribution in [-0.2, 0) is 11.4 Å². The summed E-state index contributed by atoms with van der Waals surface area (Å²) in [5.41, 5.74) is 8.43. The second kappa shape index (κ2) is 17.7. The first kappa shape index (κ1) is 35.8. The van der Waals surface area contributed by atoms with Crippen LogP contribution in [-0.4, -0.2) is 114 Å². The first-order chi connectivity index (χ1) is 22.3. The number of carbonyl (C=O) groups excluding carboxylic acids is 2. The largest absolute Gasteiger partial charge is 0.493 e. The molecule has 0 bridgehead atoms. The number of aliphatic hydroxyl groups excluding tert-OH is 1. The van der Waals surface area contributed by atoms with E-state index in [1.165, 1.54) is 0 Å². The van der Waals surface area contributed by atoms with E-state index in [-0.39, 0.29) is 37.7 Å². The Morgan fingerprint density at radius 1 is 1.00 bits per heavy atom. The van der Waals surface area contributed by atoms with E-state index < -0.39 is 0 Å². The van der Waals surface area contributed by atoms with E-state index in [0.717, 1.165) is 56.1 Å². The molecule has 2 heterocycles. The molecule has 2 saturated heterocycles. The summed E-state index contributed by atoms with van der Waals surface area (Å²) in [6.07, 6.45) is 5.32. The second-order valence-electron chi connectivity index (χ2n) is 11.3. The van der Waals surface area contributed by atoms with Crippen molar-refractivity contribution in [3.05, 3.63) is 53.1 Å². The van der Waals surface area contributed by atoms with E-state index >= 15 is 0 Å². The van der Waals surface area contributed by atoms with Crippen LogP contribution in [0.4, 0.5) is 5.69 Å². The molecule has 46 heavy (non-hydrogen) atoms. The average molecular weight is 673 g/mol. The molecule has 4 rings (SSSR count). The first-order valence-electron chi connectivity index (χ1n) is 16.0. The normalized spacial score (nSPS) is 17.2. The van der Waals surface area contributed by atoms with Crippen LogP contribution in [0.5, 0.6) is 17.2 Å². The van der Waals surface area contributed by atoms with Gasteiger partial charge in [-0.15, -0.1) is 23.5 Å². The van der Waals surface area contributed by atoms with Crippen molar-refractivity contribution in [2.45, 2.75) is 43.9 Å². The summed E-state index contributed by atoms with van der Waals surface area (Å²) < 4.78 is 17.7. The van der Waals surface area contributed by atoms with Gasteiger partial charge < -0.3 is 39.8 Å². The summed E-state index contributed by atoms with van der Waals surface area (Å²) in [6, 6.07) is 8.90. The van der Waals surface area contributed by atoms with Crippen LogP contribution in [0.2, 0.25) is 0 Å². The number of nitrogens with zero attached hydrogens (tertiary/aromatic N) is 3. The van der Waals surface area contributed by atoms with Crippen molar-refractivity contribution in [3.8, 4) is 17.2 Å². The maximum Gasteiger partial charge on any atom is 0.256 e. The molecule has 0 radical (unpaired) electrons. The molecule has 2 fully saturated rings. The van der Waals surface area contributed by atoms with Gasteiger partial charge in [-0.25, -0.2) is 0 Å². The monoisotopic (exact) mass is 672 g/mol. The lowest BCUT2D eigenvalue weighted by molar-refractivity contribution is -0.127. The molecule has 10 nitrogen and oxygen atoms in total. The molecule has 0 spiro atoms.